The van der Waals surface area contributed by atoms with Gasteiger partial charge in [-0.05, 0) is 13.0 Å². The van der Waals surface area contributed by atoms with E-state index in [0.717, 1.165) is 18.3 Å². The van der Waals surface area contributed by atoms with Crippen molar-refractivity contribution in [2.45, 2.75) is 11.9 Å². The number of halogens is 2. The predicted molar refractivity (Wildman–Crippen MR) is 67.2 cm³/mol. The number of hydrogen-bond acceptors (Lipinski definition) is 4. The van der Waals surface area contributed by atoms with Gasteiger partial charge in [0.25, 0.3) is 10.0 Å². The van der Waals surface area contributed by atoms with E-state index in [-0.39, 0.29) is 15.7 Å². The van der Waals surface area contributed by atoms with Crippen LogP contribution in [0.3, 0.4) is 0 Å². The minimum Gasteiger partial charge on any atom is -0.506 e. The van der Waals surface area contributed by atoms with Gasteiger partial charge in [0.15, 0.2) is 5.03 Å². The molecule has 0 aliphatic heterocycles. The van der Waals surface area contributed by atoms with Gasteiger partial charge in [-0.25, -0.2) is 9.37 Å². The van der Waals surface area contributed by atoms with Gasteiger partial charge in [-0.15, -0.1) is 0 Å². The monoisotopic (exact) mass is 305 g/mol. The van der Waals surface area contributed by atoms with Crippen LogP contribution in [0.1, 0.15) is 5.82 Å². The summed E-state index contributed by atoms with van der Waals surface area (Å²) >= 11 is 5.52. The highest BCUT2D eigenvalue weighted by atomic mass is 35.5. The Kier molecular flexibility index (Phi) is 3.38. The Morgan fingerprint density at radius 3 is 2.74 bits per heavy atom. The summed E-state index contributed by atoms with van der Waals surface area (Å²) in [6.45, 7) is 1.59. The number of nitrogens with zero attached hydrogens (tertiary/aromatic N) is 1. The highest BCUT2D eigenvalue weighted by Crippen LogP contribution is 2.30. The molecule has 2 rings (SSSR count). The highest BCUT2D eigenvalue weighted by Gasteiger charge is 2.19. The Morgan fingerprint density at radius 2 is 2.16 bits per heavy atom. The summed E-state index contributed by atoms with van der Waals surface area (Å²) in [4.78, 5) is 6.29. The molecule has 102 valence electrons. The number of H-pyrrole nitrogens is 1. The fourth-order valence-corrected chi connectivity index (χ4v) is 2.55. The zero-order valence-corrected chi connectivity index (χ0v) is 11.2. The number of hydrogen-bond donors (Lipinski definition) is 3. The van der Waals surface area contributed by atoms with Crippen molar-refractivity contribution in [3.63, 3.8) is 0 Å². The number of anilines is 1. The van der Waals surface area contributed by atoms with E-state index in [1.165, 1.54) is 0 Å². The molecule has 0 bridgehead atoms. The number of phenolic OH excluding ortho intramolecular Hbond substituents is 1. The second kappa shape index (κ2) is 4.71. The molecule has 0 unspecified atom stereocenters. The van der Waals surface area contributed by atoms with E-state index in [4.69, 9.17) is 11.6 Å². The zero-order valence-electron chi connectivity index (χ0n) is 9.61. The Labute approximate surface area is 113 Å². The summed E-state index contributed by atoms with van der Waals surface area (Å²) in [6, 6.07) is 1.70. The van der Waals surface area contributed by atoms with Crippen molar-refractivity contribution in [3.05, 3.63) is 35.0 Å². The molecule has 1 heterocycles. The van der Waals surface area contributed by atoms with Crippen LogP contribution < -0.4 is 4.72 Å². The lowest BCUT2D eigenvalue weighted by molar-refractivity contribution is 0.471. The van der Waals surface area contributed by atoms with Crippen molar-refractivity contribution in [1.82, 2.24) is 9.97 Å². The van der Waals surface area contributed by atoms with Crippen LogP contribution in [-0.4, -0.2) is 23.5 Å². The molecule has 0 saturated heterocycles. The van der Waals surface area contributed by atoms with Crippen LogP contribution >= 0.6 is 11.6 Å². The van der Waals surface area contributed by atoms with Gasteiger partial charge in [0.05, 0.1) is 16.9 Å². The first kappa shape index (κ1) is 13.6. The van der Waals surface area contributed by atoms with Crippen LogP contribution in [0.25, 0.3) is 0 Å². The van der Waals surface area contributed by atoms with Crippen molar-refractivity contribution >= 4 is 27.3 Å². The Hall–Kier alpha value is -1.80. The largest absolute Gasteiger partial charge is 0.506 e. The van der Waals surface area contributed by atoms with Gasteiger partial charge in [0, 0.05) is 6.07 Å². The quantitative estimate of drug-likeness (QED) is 0.756. The van der Waals surface area contributed by atoms with Crippen molar-refractivity contribution in [3.8, 4) is 5.75 Å². The molecule has 9 heteroatoms. The first-order chi connectivity index (χ1) is 8.79. The summed E-state index contributed by atoms with van der Waals surface area (Å²) in [6.07, 6.45) is 1.12. The van der Waals surface area contributed by atoms with Gasteiger partial charge in [0.1, 0.15) is 17.4 Å². The maximum atomic E-state index is 13.0. The number of aryl methyl sites for hydroxylation is 1. The van der Waals surface area contributed by atoms with E-state index >= 15 is 0 Å². The summed E-state index contributed by atoms with van der Waals surface area (Å²) in [5.74, 6) is -0.997. The van der Waals surface area contributed by atoms with Crippen LogP contribution in [0.15, 0.2) is 23.4 Å². The van der Waals surface area contributed by atoms with Gasteiger partial charge >= 0.3 is 0 Å². The maximum absolute atomic E-state index is 13.0. The van der Waals surface area contributed by atoms with E-state index in [1.807, 2.05) is 0 Å². The van der Waals surface area contributed by atoms with Gasteiger partial charge in [-0.2, -0.15) is 8.42 Å². The molecule has 1 aromatic carbocycles. The second-order valence-corrected chi connectivity index (χ2v) is 5.78. The molecule has 0 spiro atoms. The van der Waals surface area contributed by atoms with Gasteiger partial charge in [0.2, 0.25) is 0 Å². The summed E-state index contributed by atoms with van der Waals surface area (Å²) in [7, 11) is -3.95. The molecule has 0 radical (unpaired) electrons. The fraction of sp³-hybridized carbons (Fsp3) is 0.100. The Bertz CT molecular complexity index is 730. The number of sulfonamides is 1. The van der Waals surface area contributed by atoms with Crippen molar-refractivity contribution in [2.24, 2.45) is 0 Å². The number of phenols is 1. The minimum atomic E-state index is -3.95. The van der Waals surface area contributed by atoms with E-state index < -0.39 is 21.6 Å². The number of nitrogens with one attached hydrogen (secondary N) is 2. The average Bonchev–Trinajstić information content (AvgIpc) is 2.73. The molecule has 2 aromatic rings. The molecule has 1 aromatic heterocycles. The van der Waals surface area contributed by atoms with Crippen LogP contribution in [0.5, 0.6) is 5.75 Å². The summed E-state index contributed by atoms with van der Waals surface area (Å²) < 4.78 is 39.0. The molecule has 3 N–H and O–H groups in total. The molecule has 0 amide bonds. The standard InChI is InChI=1S/C10H9ClFN3O3S/c1-5-13-4-10(14-5)19(17,18)15-8-2-6(11)7(12)3-9(8)16/h2-4,15-16H,1H3,(H,13,14). The number of aromatic amines is 1. The first-order valence-electron chi connectivity index (χ1n) is 5.02. The van der Waals surface area contributed by atoms with Crippen LogP contribution in [0, 0.1) is 12.7 Å². The average molecular weight is 306 g/mol. The second-order valence-electron chi connectivity index (χ2n) is 3.72. The van der Waals surface area contributed by atoms with Crippen LogP contribution in [0.4, 0.5) is 10.1 Å². The van der Waals surface area contributed by atoms with Crippen LogP contribution in [-0.2, 0) is 10.0 Å². The lowest BCUT2D eigenvalue weighted by atomic mass is 10.3. The smallest absolute Gasteiger partial charge is 0.279 e. The van der Waals surface area contributed by atoms with Crippen molar-refractivity contribution < 1.29 is 17.9 Å². The predicted octanol–water partition coefficient (Wildman–Crippen LogP) is 2.02. The summed E-state index contributed by atoms with van der Waals surface area (Å²) in [5, 5.41) is 8.99. The van der Waals surface area contributed by atoms with E-state index in [2.05, 4.69) is 14.7 Å². The minimum absolute atomic E-state index is 0.176. The molecule has 0 aliphatic carbocycles. The number of aromatic nitrogens is 2. The summed E-state index contributed by atoms with van der Waals surface area (Å²) in [5.41, 5.74) is -0.223. The van der Waals surface area contributed by atoms with Crippen LogP contribution in [0.2, 0.25) is 5.02 Å². The van der Waals surface area contributed by atoms with Gasteiger partial charge in [-0.1, -0.05) is 11.6 Å². The molecule has 0 aliphatic rings. The van der Waals surface area contributed by atoms with E-state index in [0.29, 0.717) is 5.82 Å². The SMILES string of the molecule is Cc1ncc(S(=O)(=O)Nc2cc(Cl)c(F)cc2O)[nH]1. The molecule has 0 saturated carbocycles. The zero-order chi connectivity index (χ0) is 14.2. The number of aromatic hydroxyl groups is 1. The lowest BCUT2D eigenvalue weighted by Crippen LogP contribution is -2.13. The highest BCUT2D eigenvalue weighted by molar-refractivity contribution is 7.92. The molecular weight excluding hydrogens is 297 g/mol. The number of rotatable bonds is 3. The third-order valence-electron chi connectivity index (χ3n) is 2.25. The normalized spacial score (nSPS) is 11.5. The fourth-order valence-electron chi connectivity index (χ4n) is 1.35. The molecular formula is C10H9ClFN3O3S. The maximum Gasteiger partial charge on any atom is 0.279 e. The molecule has 0 fully saturated rings. The topological polar surface area (TPSA) is 95.1 Å². The Balaban J connectivity index is 2.38. The van der Waals surface area contributed by atoms with Crippen molar-refractivity contribution in [1.29, 1.82) is 0 Å². The van der Waals surface area contributed by atoms with Gasteiger partial charge in [-0.3, -0.25) is 4.72 Å². The molecule has 0 atom stereocenters. The molecule has 19 heavy (non-hydrogen) atoms. The number of imidazole rings is 1. The van der Waals surface area contributed by atoms with E-state index in [1.54, 1.807) is 6.92 Å². The lowest BCUT2D eigenvalue weighted by Gasteiger charge is -2.08. The third kappa shape index (κ3) is 2.79. The van der Waals surface area contributed by atoms with Crippen molar-refractivity contribution in [2.75, 3.05) is 4.72 Å². The van der Waals surface area contributed by atoms with Gasteiger partial charge < -0.3 is 10.1 Å². The number of benzene rings is 1. The van der Waals surface area contributed by atoms with E-state index in [9.17, 15) is 17.9 Å². The third-order valence-corrected chi connectivity index (χ3v) is 3.82. The first-order valence-corrected chi connectivity index (χ1v) is 6.88. The molecule has 6 nitrogen and oxygen atoms in total. The Morgan fingerprint density at radius 1 is 1.47 bits per heavy atom.